The smallest absolute Gasteiger partial charge is 0.0828 e. The van der Waals surface area contributed by atoms with Crippen LogP contribution in [-0.2, 0) is 0 Å². The van der Waals surface area contributed by atoms with Crippen molar-refractivity contribution in [2.45, 2.75) is 37.7 Å². The normalized spacial score (nSPS) is 24.2. The number of hydrogen-bond acceptors (Lipinski definition) is 2. The maximum atomic E-state index is 9.80. The molecule has 0 saturated heterocycles. The van der Waals surface area contributed by atoms with Crippen molar-refractivity contribution >= 4 is 0 Å². The number of aliphatic hydroxyl groups is 2. The summed E-state index contributed by atoms with van der Waals surface area (Å²) in [5, 5.41) is 18.3. The molecule has 0 aromatic rings. The predicted molar refractivity (Wildman–Crippen MR) is 44.3 cm³/mol. The largest absolute Gasteiger partial charge is 0.392 e. The molecule has 2 heteroatoms. The molecule has 0 heterocycles. The topological polar surface area (TPSA) is 40.5 Å². The van der Waals surface area contributed by atoms with E-state index in [-0.39, 0.29) is 6.61 Å². The fraction of sp³-hybridized carbons (Fsp3) is 0.778. The van der Waals surface area contributed by atoms with Crippen molar-refractivity contribution in [3.63, 3.8) is 0 Å². The summed E-state index contributed by atoms with van der Waals surface area (Å²) in [5.41, 5.74) is -0.610. The second-order valence-corrected chi connectivity index (χ2v) is 3.25. The van der Waals surface area contributed by atoms with Crippen LogP contribution >= 0.6 is 0 Å². The van der Waals surface area contributed by atoms with Gasteiger partial charge in [-0.15, -0.1) is 0 Å². The first-order valence-electron chi connectivity index (χ1n) is 4.28. The fourth-order valence-electron chi connectivity index (χ4n) is 1.60. The molecule has 11 heavy (non-hydrogen) atoms. The van der Waals surface area contributed by atoms with Crippen molar-refractivity contribution in [3.8, 4) is 0 Å². The third-order valence-corrected chi connectivity index (χ3v) is 2.25. The van der Waals surface area contributed by atoms with E-state index in [9.17, 15) is 5.11 Å². The van der Waals surface area contributed by atoms with Crippen LogP contribution in [-0.4, -0.2) is 22.4 Å². The van der Waals surface area contributed by atoms with Gasteiger partial charge in [0.1, 0.15) is 0 Å². The monoisotopic (exact) mass is 156 g/mol. The summed E-state index contributed by atoms with van der Waals surface area (Å²) in [6, 6.07) is 0. The molecule has 1 saturated carbocycles. The average molecular weight is 156 g/mol. The van der Waals surface area contributed by atoms with Gasteiger partial charge in [0.2, 0.25) is 0 Å². The predicted octanol–water partition coefficient (Wildman–Crippen LogP) is 1.23. The van der Waals surface area contributed by atoms with Crippen molar-refractivity contribution in [3.05, 3.63) is 12.2 Å². The van der Waals surface area contributed by atoms with E-state index in [0.29, 0.717) is 0 Å². The highest BCUT2D eigenvalue weighted by Gasteiger charge is 2.25. The molecule has 0 atom stereocenters. The van der Waals surface area contributed by atoms with E-state index in [1.165, 1.54) is 6.42 Å². The van der Waals surface area contributed by atoms with E-state index >= 15 is 0 Å². The molecule has 1 aliphatic rings. The van der Waals surface area contributed by atoms with E-state index in [0.717, 1.165) is 25.7 Å². The third-order valence-electron chi connectivity index (χ3n) is 2.25. The Morgan fingerprint density at radius 1 is 1.18 bits per heavy atom. The molecule has 2 N–H and O–H groups in total. The quantitative estimate of drug-likeness (QED) is 0.590. The van der Waals surface area contributed by atoms with Crippen LogP contribution in [0, 0.1) is 0 Å². The zero-order chi connectivity index (χ0) is 8.16. The number of aliphatic hydroxyl groups excluding tert-OH is 1. The summed E-state index contributed by atoms with van der Waals surface area (Å²) in [4.78, 5) is 0. The van der Waals surface area contributed by atoms with Crippen LogP contribution in [0.4, 0.5) is 0 Å². The first-order valence-corrected chi connectivity index (χ1v) is 4.28. The van der Waals surface area contributed by atoms with Gasteiger partial charge < -0.3 is 10.2 Å². The zero-order valence-electron chi connectivity index (χ0n) is 6.79. The molecule has 0 aromatic heterocycles. The maximum absolute atomic E-state index is 9.80. The minimum absolute atomic E-state index is 0.0301. The van der Waals surface area contributed by atoms with Gasteiger partial charge in [-0.2, -0.15) is 0 Å². The van der Waals surface area contributed by atoms with E-state index in [1.54, 1.807) is 12.2 Å². The van der Waals surface area contributed by atoms with Crippen LogP contribution < -0.4 is 0 Å². The highest BCUT2D eigenvalue weighted by Crippen LogP contribution is 2.28. The third kappa shape index (κ3) is 2.64. The average Bonchev–Trinajstić information content (AvgIpc) is 2.03. The minimum atomic E-state index is -0.610. The SMILES string of the molecule is OC/C=C\C1(O)CCCCC1. The van der Waals surface area contributed by atoms with E-state index < -0.39 is 5.60 Å². The summed E-state index contributed by atoms with van der Waals surface area (Å²) in [5.74, 6) is 0. The molecule has 64 valence electrons. The first-order chi connectivity index (χ1) is 5.27. The van der Waals surface area contributed by atoms with Crippen molar-refractivity contribution in [2.24, 2.45) is 0 Å². The molecule has 0 unspecified atom stereocenters. The van der Waals surface area contributed by atoms with Crippen LogP contribution in [0.3, 0.4) is 0 Å². The molecule has 1 rings (SSSR count). The Morgan fingerprint density at radius 2 is 1.82 bits per heavy atom. The molecule has 0 spiro atoms. The van der Waals surface area contributed by atoms with Crippen LogP contribution in [0.15, 0.2) is 12.2 Å². The van der Waals surface area contributed by atoms with Gasteiger partial charge in [-0.25, -0.2) is 0 Å². The van der Waals surface area contributed by atoms with Gasteiger partial charge in [0.15, 0.2) is 0 Å². The van der Waals surface area contributed by atoms with Gasteiger partial charge >= 0.3 is 0 Å². The lowest BCUT2D eigenvalue weighted by Gasteiger charge is -2.28. The fourth-order valence-corrected chi connectivity index (χ4v) is 1.60. The van der Waals surface area contributed by atoms with E-state index in [4.69, 9.17) is 5.11 Å². The summed E-state index contributed by atoms with van der Waals surface area (Å²) < 4.78 is 0. The number of rotatable bonds is 2. The second-order valence-electron chi connectivity index (χ2n) is 3.25. The van der Waals surface area contributed by atoms with Crippen LogP contribution in [0.5, 0.6) is 0 Å². The Hall–Kier alpha value is -0.340. The van der Waals surface area contributed by atoms with Crippen LogP contribution in [0.25, 0.3) is 0 Å². The lowest BCUT2D eigenvalue weighted by molar-refractivity contribution is 0.0507. The Balaban J connectivity index is 2.43. The molecular formula is C9H16O2. The Morgan fingerprint density at radius 3 is 2.36 bits per heavy atom. The van der Waals surface area contributed by atoms with E-state index in [2.05, 4.69) is 0 Å². The van der Waals surface area contributed by atoms with Gasteiger partial charge in [-0.05, 0) is 12.8 Å². The highest BCUT2D eigenvalue weighted by molar-refractivity contribution is 5.02. The molecule has 0 radical (unpaired) electrons. The van der Waals surface area contributed by atoms with Crippen molar-refractivity contribution in [1.29, 1.82) is 0 Å². The van der Waals surface area contributed by atoms with Crippen molar-refractivity contribution < 1.29 is 10.2 Å². The molecule has 1 aliphatic carbocycles. The summed E-state index contributed by atoms with van der Waals surface area (Å²) in [6.07, 6.45) is 8.51. The molecule has 0 amide bonds. The van der Waals surface area contributed by atoms with Crippen LogP contribution in [0.1, 0.15) is 32.1 Å². The summed E-state index contributed by atoms with van der Waals surface area (Å²) >= 11 is 0. The molecule has 0 bridgehead atoms. The highest BCUT2D eigenvalue weighted by atomic mass is 16.3. The Labute approximate surface area is 67.6 Å². The Kier molecular flexibility index (Phi) is 3.09. The van der Waals surface area contributed by atoms with E-state index in [1.807, 2.05) is 0 Å². The molecule has 0 aliphatic heterocycles. The lowest BCUT2D eigenvalue weighted by atomic mass is 9.85. The Bertz CT molecular complexity index is 134. The van der Waals surface area contributed by atoms with Crippen molar-refractivity contribution in [2.75, 3.05) is 6.61 Å². The molecular weight excluding hydrogens is 140 g/mol. The van der Waals surface area contributed by atoms with Gasteiger partial charge in [0, 0.05) is 0 Å². The van der Waals surface area contributed by atoms with Gasteiger partial charge in [-0.3, -0.25) is 0 Å². The molecule has 1 fully saturated rings. The van der Waals surface area contributed by atoms with Gasteiger partial charge in [-0.1, -0.05) is 31.4 Å². The van der Waals surface area contributed by atoms with Crippen molar-refractivity contribution in [1.82, 2.24) is 0 Å². The van der Waals surface area contributed by atoms with Gasteiger partial charge in [0.05, 0.1) is 12.2 Å². The maximum Gasteiger partial charge on any atom is 0.0828 e. The minimum Gasteiger partial charge on any atom is -0.392 e. The standard InChI is InChI=1S/C9H16O2/c10-8-4-7-9(11)5-2-1-3-6-9/h4,7,10-11H,1-3,5-6,8H2/b7-4-. The van der Waals surface area contributed by atoms with Gasteiger partial charge in [0.25, 0.3) is 0 Å². The van der Waals surface area contributed by atoms with Crippen LogP contribution in [0.2, 0.25) is 0 Å². The zero-order valence-corrected chi connectivity index (χ0v) is 6.79. The summed E-state index contributed by atoms with van der Waals surface area (Å²) in [6.45, 7) is 0.0301. The second kappa shape index (κ2) is 3.88. The number of hydrogen-bond donors (Lipinski definition) is 2. The molecule has 0 aromatic carbocycles. The molecule has 2 nitrogen and oxygen atoms in total. The summed E-state index contributed by atoms with van der Waals surface area (Å²) in [7, 11) is 0. The first kappa shape index (κ1) is 8.75. The lowest BCUT2D eigenvalue weighted by Crippen LogP contribution is -2.28.